The Morgan fingerprint density at radius 1 is 0.435 bits per heavy atom. The lowest BCUT2D eigenvalue weighted by molar-refractivity contribution is 0.976. The molecular formula is C44H30N2. The second kappa shape index (κ2) is 10.9. The Hall–Kier alpha value is -5.99. The minimum atomic E-state index is 0.860. The minimum absolute atomic E-state index is 0.860. The minimum Gasteiger partial charge on any atom is -0.387 e. The number of pyridine rings is 1. The fraction of sp³-hybridized carbons (Fsp3) is 0.0227. The second-order valence-corrected chi connectivity index (χ2v) is 12.0. The molecule has 2 nitrogen and oxygen atoms in total. The van der Waals surface area contributed by atoms with E-state index in [2.05, 4.69) is 156 Å². The van der Waals surface area contributed by atoms with E-state index in [4.69, 9.17) is 0 Å². The molecular weight excluding hydrogens is 556 g/mol. The van der Waals surface area contributed by atoms with Gasteiger partial charge in [0.05, 0.1) is 0 Å². The molecule has 0 bridgehead atoms. The molecule has 6 aromatic carbocycles. The second-order valence-electron chi connectivity index (χ2n) is 12.0. The third kappa shape index (κ3) is 4.46. The van der Waals surface area contributed by atoms with Crippen molar-refractivity contribution in [2.45, 2.75) is 0 Å². The van der Waals surface area contributed by atoms with Crippen LogP contribution in [0.5, 0.6) is 0 Å². The molecule has 0 saturated carbocycles. The van der Waals surface area contributed by atoms with Gasteiger partial charge in [-0.2, -0.15) is 0 Å². The van der Waals surface area contributed by atoms with E-state index >= 15 is 0 Å². The van der Waals surface area contributed by atoms with Gasteiger partial charge >= 0.3 is 0 Å². The van der Waals surface area contributed by atoms with Gasteiger partial charge in [-0.05, 0) is 131 Å². The number of allylic oxidation sites excluding steroid dienone is 2. The summed E-state index contributed by atoms with van der Waals surface area (Å²) in [7, 11) is 0. The monoisotopic (exact) mass is 586 g/mol. The first-order valence-electron chi connectivity index (χ1n) is 15.8. The van der Waals surface area contributed by atoms with E-state index < -0.39 is 0 Å². The molecule has 2 heterocycles. The van der Waals surface area contributed by atoms with Gasteiger partial charge < -0.3 is 5.32 Å². The molecule has 1 N–H and O–H groups in total. The van der Waals surface area contributed by atoms with Gasteiger partial charge in [0.2, 0.25) is 0 Å². The summed E-state index contributed by atoms with van der Waals surface area (Å²) < 4.78 is 0. The van der Waals surface area contributed by atoms with Crippen LogP contribution < -0.4 is 5.32 Å². The van der Waals surface area contributed by atoms with Crippen LogP contribution in [-0.2, 0) is 0 Å². The van der Waals surface area contributed by atoms with Crippen molar-refractivity contribution in [3.8, 4) is 66.8 Å². The lowest BCUT2D eigenvalue weighted by Crippen LogP contribution is -2.08. The number of nitrogens with zero attached hydrogens (tertiary/aromatic N) is 1. The van der Waals surface area contributed by atoms with E-state index in [-0.39, 0.29) is 0 Å². The molecule has 0 fully saturated rings. The molecule has 0 amide bonds. The first-order valence-corrected chi connectivity index (χ1v) is 15.8. The van der Waals surface area contributed by atoms with Crippen LogP contribution in [0.25, 0.3) is 83.1 Å². The van der Waals surface area contributed by atoms with E-state index in [1.807, 2.05) is 18.6 Å². The Labute approximate surface area is 269 Å². The van der Waals surface area contributed by atoms with E-state index in [0.717, 1.165) is 6.54 Å². The van der Waals surface area contributed by atoms with Crippen molar-refractivity contribution < 1.29 is 0 Å². The van der Waals surface area contributed by atoms with Crippen molar-refractivity contribution >= 4 is 16.3 Å². The lowest BCUT2D eigenvalue weighted by atomic mass is 9.89. The molecule has 9 rings (SSSR count). The van der Waals surface area contributed by atoms with E-state index in [1.54, 1.807) is 0 Å². The quantitative estimate of drug-likeness (QED) is 0.217. The molecule has 0 radical (unpaired) electrons. The molecule has 0 unspecified atom stereocenters. The molecule has 7 aromatic rings. The Kier molecular flexibility index (Phi) is 6.24. The third-order valence-corrected chi connectivity index (χ3v) is 9.40. The van der Waals surface area contributed by atoms with Crippen molar-refractivity contribution in [3.63, 3.8) is 0 Å². The van der Waals surface area contributed by atoms with E-state index in [9.17, 15) is 0 Å². The topological polar surface area (TPSA) is 24.9 Å². The molecule has 0 atom stereocenters. The number of rotatable bonds is 5. The maximum absolute atomic E-state index is 4.18. The van der Waals surface area contributed by atoms with Crippen LogP contribution in [0.15, 0.2) is 164 Å². The zero-order chi connectivity index (χ0) is 30.5. The molecule has 46 heavy (non-hydrogen) atoms. The molecule has 216 valence electrons. The summed E-state index contributed by atoms with van der Waals surface area (Å²) in [5, 5.41) is 5.89. The summed E-state index contributed by atoms with van der Waals surface area (Å²) in [5.41, 5.74) is 17.4. The lowest BCUT2D eigenvalue weighted by Gasteiger charge is -2.15. The zero-order valence-electron chi connectivity index (χ0n) is 25.2. The highest BCUT2D eigenvalue weighted by molar-refractivity contribution is 6.18. The number of dihydropyridines is 1. The smallest absolute Gasteiger partial charge is 0.0334 e. The molecule has 1 aliphatic heterocycles. The van der Waals surface area contributed by atoms with Gasteiger partial charge in [0.1, 0.15) is 0 Å². The maximum Gasteiger partial charge on any atom is 0.0334 e. The number of fused-ring (bicyclic) bond motifs is 3. The summed E-state index contributed by atoms with van der Waals surface area (Å²) in [6.45, 7) is 0.860. The van der Waals surface area contributed by atoms with Gasteiger partial charge in [-0.25, -0.2) is 0 Å². The fourth-order valence-corrected chi connectivity index (χ4v) is 7.10. The van der Waals surface area contributed by atoms with Crippen LogP contribution in [0, 0.1) is 0 Å². The Bertz CT molecular complexity index is 2300. The molecule has 2 aliphatic rings. The predicted molar refractivity (Wildman–Crippen MR) is 193 cm³/mol. The average Bonchev–Trinajstić information content (AvgIpc) is 3.47. The van der Waals surface area contributed by atoms with Crippen molar-refractivity contribution in [2.24, 2.45) is 0 Å². The van der Waals surface area contributed by atoms with Crippen molar-refractivity contribution in [2.75, 3.05) is 6.54 Å². The first kappa shape index (κ1) is 26.4. The van der Waals surface area contributed by atoms with E-state index in [1.165, 1.54) is 88.7 Å². The van der Waals surface area contributed by atoms with Crippen LogP contribution in [-0.4, -0.2) is 11.5 Å². The van der Waals surface area contributed by atoms with Crippen LogP contribution in [0.4, 0.5) is 0 Å². The fourth-order valence-electron chi connectivity index (χ4n) is 7.10. The van der Waals surface area contributed by atoms with Gasteiger partial charge in [-0.15, -0.1) is 0 Å². The predicted octanol–water partition coefficient (Wildman–Crippen LogP) is 11.1. The molecule has 1 aromatic heterocycles. The number of hydrogen-bond acceptors (Lipinski definition) is 2. The number of benzene rings is 6. The van der Waals surface area contributed by atoms with Gasteiger partial charge in [-0.1, -0.05) is 109 Å². The highest BCUT2D eigenvalue weighted by atomic mass is 14.8. The number of nitrogens with one attached hydrogen (secondary N) is 1. The summed E-state index contributed by atoms with van der Waals surface area (Å²) in [6.07, 6.45) is 10.1. The molecule has 2 heteroatoms. The highest BCUT2D eigenvalue weighted by Gasteiger charge is 2.22. The van der Waals surface area contributed by atoms with Crippen molar-refractivity contribution in [1.82, 2.24) is 10.3 Å². The van der Waals surface area contributed by atoms with E-state index in [0.29, 0.717) is 0 Å². The van der Waals surface area contributed by atoms with Crippen molar-refractivity contribution in [1.29, 1.82) is 0 Å². The SMILES string of the molecule is C1=CC(c2ccc(-c3cc(-c4ccc(-c5ccncc5)cc4)cc(-c4ccc5c6c(cccc46)-c4ccccc4-5)c3)cc2)=CCN1. The van der Waals surface area contributed by atoms with Crippen molar-refractivity contribution in [3.05, 3.63) is 170 Å². The summed E-state index contributed by atoms with van der Waals surface area (Å²) in [6, 6.07) is 49.2. The van der Waals surface area contributed by atoms with Gasteiger partial charge in [0.15, 0.2) is 0 Å². The van der Waals surface area contributed by atoms with Gasteiger partial charge in [0, 0.05) is 18.9 Å². The van der Waals surface area contributed by atoms with Crippen LogP contribution >= 0.6 is 0 Å². The highest BCUT2D eigenvalue weighted by Crippen LogP contribution is 2.49. The molecule has 0 saturated heterocycles. The largest absolute Gasteiger partial charge is 0.387 e. The first-order chi connectivity index (χ1) is 22.8. The molecule has 1 aliphatic carbocycles. The van der Waals surface area contributed by atoms with Crippen LogP contribution in [0.3, 0.4) is 0 Å². The number of hydrogen-bond donors (Lipinski definition) is 1. The summed E-state index contributed by atoms with van der Waals surface area (Å²) >= 11 is 0. The Morgan fingerprint density at radius 2 is 0.978 bits per heavy atom. The number of aromatic nitrogens is 1. The van der Waals surface area contributed by atoms with Gasteiger partial charge in [0.25, 0.3) is 0 Å². The Morgan fingerprint density at radius 3 is 1.63 bits per heavy atom. The maximum atomic E-state index is 4.18. The average molecular weight is 587 g/mol. The summed E-state index contributed by atoms with van der Waals surface area (Å²) in [4.78, 5) is 4.18. The van der Waals surface area contributed by atoms with Crippen LogP contribution in [0.2, 0.25) is 0 Å². The third-order valence-electron chi connectivity index (χ3n) is 9.40. The van der Waals surface area contributed by atoms with Crippen LogP contribution in [0.1, 0.15) is 5.56 Å². The summed E-state index contributed by atoms with van der Waals surface area (Å²) in [5.74, 6) is 0. The van der Waals surface area contributed by atoms with Gasteiger partial charge in [-0.3, -0.25) is 4.98 Å². The standard InChI is InChI=1S/C44H30N2/c1-2-5-40-39(4-1)42-7-3-6-41-38(16-17-43(40)44(41)42)37-27-35(31-12-8-29(9-13-31)33-18-22-45-23-19-33)26-36(28-37)32-14-10-30(11-15-32)34-20-24-46-25-21-34/h1-24,26-28,46H,25H2. The zero-order valence-corrected chi connectivity index (χ0v) is 25.2. The normalized spacial score (nSPS) is 12.9. The Balaban J connectivity index is 1.20. The molecule has 0 spiro atoms.